The van der Waals surface area contributed by atoms with Gasteiger partial charge in [0.05, 0.1) is 5.92 Å². The minimum absolute atomic E-state index is 0.156. The van der Waals surface area contributed by atoms with Crippen LogP contribution < -0.4 is 0 Å². The number of hydrogen-bond donors (Lipinski definition) is 1. The third-order valence-corrected chi connectivity index (χ3v) is 3.30. The summed E-state index contributed by atoms with van der Waals surface area (Å²) in [5.41, 5.74) is 1.35. The van der Waals surface area contributed by atoms with Crippen molar-refractivity contribution < 1.29 is 14.7 Å². The molecule has 1 saturated heterocycles. The van der Waals surface area contributed by atoms with Crippen LogP contribution in [0.3, 0.4) is 0 Å². The zero-order valence-corrected chi connectivity index (χ0v) is 10.3. The summed E-state index contributed by atoms with van der Waals surface area (Å²) in [5, 5.41) is 8.93. The van der Waals surface area contributed by atoms with Crippen LogP contribution in [0.25, 0.3) is 0 Å². The fourth-order valence-corrected chi connectivity index (χ4v) is 2.21. The molecule has 0 saturated carbocycles. The molecule has 0 spiro atoms. The van der Waals surface area contributed by atoms with Crippen LogP contribution in [0.5, 0.6) is 0 Å². The lowest BCUT2D eigenvalue weighted by Crippen LogP contribution is -2.31. The lowest BCUT2D eigenvalue weighted by molar-refractivity contribution is -0.141. The number of hydrogen-bond acceptors (Lipinski definition) is 3. The molecule has 1 aromatic rings. The summed E-state index contributed by atoms with van der Waals surface area (Å²) in [6.07, 6.45) is 2.86. The highest BCUT2D eigenvalue weighted by Gasteiger charge is 2.32. The van der Waals surface area contributed by atoms with E-state index in [4.69, 9.17) is 5.11 Å². The van der Waals surface area contributed by atoms with Gasteiger partial charge in [-0.05, 0) is 24.5 Å². The molecule has 1 fully saturated rings. The van der Waals surface area contributed by atoms with Crippen molar-refractivity contribution in [1.29, 1.82) is 0 Å². The minimum atomic E-state index is -0.831. The quantitative estimate of drug-likeness (QED) is 0.872. The van der Waals surface area contributed by atoms with E-state index in [1.54, 1.807) is 17.2 Å². The van der Waals surface area contributed by atoms with Crippen molar-refractivity contribution in [2.24, 2.45) is 5.92 Å². The number of carboxylic acids is 1. The van der Waals surface area contributed by atoms with Gasteiger partial charge in [0, 0.05) is 19.3 Å². The van der Waals surface area contributed by atoms with Crippen molar-refractivity contribution in [1.82, 2.24) is 9.88 Å². The lowest BCUT2D eigenvalue weighted by Gasteiger charge is -2.16. The largest absolute Gasteiger partial charge is 0.481 e. The standard InChI is InChI=1S/C13H16N2O3/c1-2-9-4-3-6-14-11(9)12(16)15-7-5-10(8-15)13(17)18/h3-4,6,10H,2,5,7-8H2,1H3,(H,17,18). The van der Waals surface area contributed by atoms with Gasteiger partial charge < -0.3 is 10.0 Å². The molecule has 1 aliphatic rings. The molecule has 2 heterocycles. The molecule has 0 radical (unpaired) electrons. The summed E-state index contributed by atoms with van der Waals surface area (Å²) in [6.45, 7) is 2.75. The van der Waals surface area contributed by atoms with E-state index >= 15 is 0 Å². The van der Waals surface area contributed by atoms with Crippen molar-refractivity contribution in [2.75, 3.05) is 13.1 Å². The van der Waals surface area contributed by atoms with Gasteiger partial charge in [-0.15, -0.1) is 0 Å². The predicted molar refractivity (Wildman–Crippen MR) is 65.3 cm³/mol. The van der Waals surface area contributed by atoms with E-state index in [1.807, 2.05) is 13.0 Å². The van der Waals surface area contributed by atoms with Crippen LogP contribution in [0, 0.1) is 5.92 Å². The summed E-state index contributed by atoms with van der Waals surface area (Å²) in [6, 6.07) is 3.69. The zero-order chi connectivity index (χ0) is 13.1. The Kier molecular flexibility index (Phi) is 3.60. The molecule has 0 aliphatic carbocycles. The number of carbonyl (C=O) groups is 2. The van der Waals surface area contributed by atoms with Crippen LogP contribution in [-0.4, -0.2) is 40.0 Å². The summed E-state index contributed by atoms with van der Waals surface area (Å²) in [5.74, 6) is -1.43. The third kappa shape index (κ3) is 2.34. The highest BCUT2D eigenvalue weighted by molar-refractivity contribution is 5.94. The van der Waals surface area contributed by atoms with E-state index in [0.29, 0.717) is 18.7 Å². The SMILES string of the molecule is CCc1cccnc1C(=O)N1CCC(C(=O)O)C1. The summed E-state index contributed by atoms with van der Waals surface area (Å²) >= 11 is 0. The Morgan fingerprint density at radius 2 is 2.33 bits per heavy atom. The molecular weight excluding hydrogens is 232 g/mol. The third-order valence-electron chi connectivity index (χ3n) is 3.30. The van der Waals surface area contributed by atoms with Gasteiger partial charge in [0.25, 0.3) is 5.91 Å². The number of aliphatic carboxylic acids is 1. The maximum Gasteiger partial charge on any atom is 0.308 e. The maximum absolute atomic E-state index is 12.3. The molecule has 1 N–H and O–H groups in total. The van der Waals surface area contributed by atoms with E-state index in [1.165, 1.54) is 0 Å². The van der Waals surface area contributed by atoms with Crippen LogP contribution in [0.4, 0.5) is 0 Å². The first-order chi connectivity index (χ1) is 8.63. The van der Waals surface area contributed by atoms with Gasteiger partial charge in [-0.3, -0.25) is 14.6 Å². The average molecular weight is 248 g/mol. The first-order valence-electron chi connectivity index (χ1n) is 6.09. The normalized spacial score (nSPS) is 18.9. The number of likely N-dealkylation sites (tertiary alicyclic amines) is 1. The number of pyridine rings is 1. The number of rotatable bonds is 3. The van der Waals surface area contributed by atoms with E-state index in [2.05, 4.69) is 4.98 Å². The minimum Gasteiger partial charge on any atom is -0.481 e. The second kappa shape index (κ2) is 5.16. The van der Waals surface area contributed by atoms with Crippen molar-refractivity contribution in [2.45, 2.75) is 19.8 Å². The molecular formula is C13H16N2O3. The molecule has 96 valence electrons. The number of carbonyl (C=O) groups excluding carboxylic acids is 1. The van der Waals surface area contributed by atoms with Crippen LogP contribution in [0.1, 0.15) is 29.4 Å². The molecule has 2 rings (SSSR count). The number of aryl methyl sites for hydroxylation is 1. The molecule has 1 atom stereocenters. The highest BCUT2D eigenvalue weighted by atomic mass is 16.4. The second-order valence-corrected chi connectivity index (χ2v) is 4.44. The van der Waals surface area contributed by atoms with Gasteiger partial charge >= 0.3 is 5.97 Å². The zero-order valence-electron chi connectivity index (χ0n) is 10.3. The van der Waals surface area contributed by atoms with E-state index in [0.717, 1.165) is 12.0 Å². The predicted octanol–water partition coefficient (Wildman–Crippen LogP) is 1.19. The van der Waals surface area contributed by atoms with Crippen LogP contribution >= 0.6 is 0 Å². The summed E-state index contributed by atoms with van der Waals surface area (Å²) in [7, 11) is 0. The Morgan fingerprint density at radius 3 is 2.94 bits per heavy atom. The highest BCUT2D eigenvalue weighted by Crippen LogP contribution is 2.19. The monoisotopic (exact) mass is 248 g/mol. The van der Waals surface area contributed by atoms with Crippen LogP contribution in [0.2, 0.25) is 0 Å². The fraction of sp³-hybridized carbons (Fsp3) is 0.462. The number of amides is 1. The molecule has 0 aromatic carbocycles. The molecule has 1 unspecified atom stereocenters. The molecule has 1 aromatic heterocycles. The maximum atomic E-state index is 12.3. The Balaban J connectivity index is 2.15. The fourth-order valence-electron chi connectivity index (χ4n) is 2.21. The lowest BCUT2D eigenvalue weighted by atomic mass is 10.1. The summed E-state index contributed by atoms with van der Waals surface area (Å²) < 4.78 is 0. The number of aromatic nitrogens is 1. The summed E-state index contributed by atoms with van der Waals surface area (Å²) in [4.78, 5) is 28.8. The Hall–Kier alpha value is -1.91. The molecule has 0 bridgehead atoms. The Bertz CT molecular complexity index is 473. The van der Waals surface area contributed by atoms with Gasteiger partial charge in [-0.25, -0.2) is 0 Å². The van der Waals surface area contributed by atoms with E-state index in [-0.39, 0.29) is 12.5 Å². The van der Waals surface area contributed by atoms with Crippen molar-refractivity contribution in [3.05, 3.63) is 29.6 Å². The van der Waals surface area contributed by atoms with Crippen LogP contribution in [-0.2, 0) is 11.2 Å². The van der Waals surface area contributed by atoms with Gasteiger partial charge in [-0.2, -0.15) is 0 Å². The number of nitrogens with zero attached hydrogens (tertiary/aromatic N) is 2. The van der Waals surface area contributed by atoms with Crippen molar-refractivity contribution in [3.8, 4) is 0 Å². The van der Waals surface area contributed by atoms with Crippen molar-refractivity contribution in [3.63, 3.8) is 0 Å². The van der Waals surface area contributed by atoms with Crippen LogP contribution in [0.15, 0.2) is 18.3 Å². The first kappa shape index (κ1) is 12.5. The van der Waals surface area contributed by atoms with Gasteiger partial charge in [-0.1, -0.05) is 13.0 Å². The average Bonchev–Trinajstić information content (AvgIpc) is 2.87. The van der Waals surface area contributed by atoms with Gasteiger partial charge in [0.15, 0.2) is 0 Å². The molecule has 1 amide bonds. The van der Waals surface area contributed by atoms with E-state index < -0.39 is 11.9 Å². The van der Waals surface area contributed by atoms with E-state index in [9.17, 15) is 9.59 Å². The molecule has 1 aliphatic heterocycles. The molecule has 18 heavy (non-hydrogen) atoms. The van der Waals surface area contributed by atoms with Gasteiger partial charge in [0.2, 0.25) is 0 Å². The topological polar surface area (TPSA) is 70.5 Å². The van der Waals surface area contributed by atoms with Crippen molar-refractivity contribution >= 4 is 11.9 Å². The second-order valence-electron chi connectivity index (χ2n) is 4.44. The first-order valence-corrected chi connectivity index (χ1v) is 6.09. The molecule has 5 nitrogen and oxygen atoms in total. The Morgan fingerprint density at radius 1 is 1.56 bits per heavy atom. The Labute approximate surface area is 105 Å². The smallest absolute Gasteiger partial charge is 0.308 e. The van der Waals surface area contributed by atoms with Gasteiger partial charge in [0.1, 0.15) is 5.69 Å². The molecule has 5 heteroatoms. The number of carboxylic acid groups (broad SMARTS) is 1.